The molecule has 2 rings (SSSR count). The zero-order chi connectivity index (χ0) is 21.4. The molecule has 0 aliphatic heterocycles. The Hall–Kier alpha value is -1.69. The molecule has 0 unspecified atom stereocenters. The normalized spacial score (nSPS) is 11.9. The van der Waals surface area contributed by atoms with E-state index in [0.29, 0.717) is 15.8 Å². The molecule has 1 N–H and O–H groups in total. The van der Waals surface area contributed by atoms with Gasteiger partial charge in [0.2, 0.25) is 11.8 Å². The van der Waals surface area contributed by atoms with Gasteiger partial charge in [0.05, 0.1) is 5.75 Å². The van der Waals surface area contributed by atoms with Crippen molar-refractivity contribution in [2.45, 2.75) is 45.2 Å². The number of carbonyl (C=O) groups excluding carboxylic acids is 2. The molecule has 156 valence electrons. The summed E-state index contributed by atoms with van der Waals surface area (Å²) in [6, 6.07) is 14.3. The van der Waals surface area contributed by atoms with Crippen molar-refractivity contribution >= 4 is 46.8 Å². The molecule has 0 aromatic heterocycles. The van der Waals surface area contributed by atoms with Crippen LogP contribution in [0.2, 0.25) is 10.0 Å². The standard InChI is InChI=1S/C22H26Cl2N2O2S/c1-15(2)25-22(28)16(3)26(12-18-6-4-5-7-20(18)24)21(27)14-29-13-17-8-10-19(23)11-9-17/h4-11,15-16H,12-14H2,1-3H3,(H,25,28)/t16-/m0/s1. The first-order valence-electron chi connectivity index (χ1n) is 9.43. The summed E-state index contributed by atoms with van der Waals surface area (Å²) in [5.41, 5.74) is 1.91. The zero-order valence-corrected chi connectivity index (χ0v) is 19.2. The van der Waals surface area contributed by atoms with Crippen molar-refractivity contribution in [3.63, 3.8) is 0 Å². The Labute approximate surface area is 187 Å². The van der Waals surface area contributed by atoms with Gasteiger partial charge in [-0.3, -0.25) is 9.59 Å². The van der Waals surface area contributed by atoms with Crippen LogP contribution in [0.4, 0.5) is 0 Å². The summed E-state index contributed by atoms with van der Waals surface area (Å²) < 4.78 is 0. The number of thioether (sulfide) groups is 1. The van der Waals surface area contributed by atoms with Crippen molar-refractivity contribution in [1.29, 1.82) is 0 Å². The Bertz CT molecular complexity index is 828. The fourth-order valence-corrected chi connectivity index (χ4v) is 3.91. The topological polar surface area (TPSA) is 49.4 Å². The van der Waals surface area contributed by atoms with Gasteiger partial charge in [0.15, 0.2) is 0 Å². The minimum absolute atomic E-state index is 0.00138. The molecule has 0 fully saturated rings. The third-order valence-corrected chi connectivity index (χ3v) is 5.91. The van der Waals surface area contributed by atoms with Crippen LogP contribution in [0.25, 0.3) is 0 Å². The van der Waals surface area contributed by atoms with Gasteiger partial charge in [0.25, 0.3) is 0 Å². The van der Waals surface area contributed by atoms with Crippen molar-refractivity contribution in [2.24, 2.45) is 0 Å². The number of benzene rings is 2. The number of nitrogens with one attached hydrogen (secondary N) is 1. The van der Waals surface area contributed by atoms with Crippen LogP contribution in [0.3, 0.4) is 0 Å². The third kappa shape index (κ3) is 7.57. The van der Waals surface area contributed by atoms with E-state index >= 15 is 0 Å². The SMILES string of the molecule is CC(C)NC(=O)[C@H](C)N(Cc1ccccc1Cl)C(=O)CSCc1ccc(Cl)cc1. The molecule has 0 saturated carbocycles. The van der Waals surface area contributed by atoms with Crippen molar-refractivity contribution in [2.75, 3.05) is 5.75 Å². The second kappa shape index (κ2) is 11.5. The highest BCUT2D eigenvalue weighted by Gasteiger charge is 2.26. The molecular formula is C22H26Cl2N2O2S. The molecular weight excluding hydrogens is 427 g/mol. The Morgan fingerprint density at radius 1 is 1.03 bits per heavy atom. The Morgan fingerprint density at radius 2 is 1.69 bits per heavy atom. The maximum atomic E-state index is 13.0. The predicted octanol–water partition coefficient (Wildman–Crippen LogP) is 5.17. The molecule has 2 amide bonds. The third-order valence-electron chi connectivity index (χ3n) is 4.30. The Balaban J connectivity index is 2.07. The molecule has 7 heteroatoms. The van der Waals surface area contributed by atoms with Crippen molar-refractivity contribution in [1.82, 2.24) is 10.2 Å². The molecule has 2 aromatic rings. The van der Waals surface area contributed by atoms with Crippen molar-refractivity contribution in [3.8, 4) is 0 Å². The van der Waals surface area contributed by atoms with Gasteiger partial charge in [-0.05, 0) is 50.1 Å². The van der Waals surface area contributed by atoms with Gasteiger partial charge in [-0.1, -0.05) is 53.5 Å². The number of halogens is 2. The summed E-state index contributed by atoms with van der Waals surface area (Å²) in [4.78, 5) is 27.1. The lowest BCUT2D eigenvalue weighted by Gasteiger charge is -2.29. The minimum Gasteiger partial charge on any atom is -0.352 e. The molecule has 0 spiro atoms. The highest BCUT2D eigenvalue weighted by Crippen LogP contribution is 2.21. The summed E-state index contributed by atoms with van der Waals surface area (Å²) in [6.45, 7) is 5.82. The fraction of sp³-hybridized carbons (Fsp3) is 0.364. The summed E-state index contributed by atoms with van der Waals surface area (Å²) in [7, 11) is 0. The zero-order valence-electron chi connectivity index (χ0n) is 16.8. The van der Waals surface area contributed by atoms with E-state index in [-0.39, 0.29) is 30.2 Å². The monoisotopic (exact) mass is 452 g/mol. The predicted molar refractivity (Wildman–Crippen MR) is 122 cm³/mol. The quantitative estimate of drug-likeness (QED) is 0.570. The maximum Gasteiger partial charge on any atom is 0.242 e. The summed E-state index contributed by atoms with van der Waals surface area (Å²) in [5, 5.41) is 4.15. The first-order valence-corrected chi connectivity index (χ1v) is 11.3. The van der Waals surface area contributed by atoms with Gasteiger partial charge < -0.3 is 10.2 Å². The molecule has 0 bridgehead atoms. The molecule has 0 heterocycles. The van der Waals surface area contributed by atoms with E-state index in [2.05, 4.69) is 5.32 Å². The number of nitrogens with zero attached hydrogens (tertiary/aromatic N) is 1. The lowest BCUT2D eigenvalue weighted by Crippen LogP contribution is -2.49. The number of rotatable bonds is 9. The van der Waals surface area contributed by atoms with Crippen molar-refractivity contribution in [3.05, 3.63) is 69.7 Å². The average molecular weight is 453 g/mol. The van der Waals surface area contributed by atoms with Crippen LogP contribution in [0.15, 0.2) is 48.5 Å². The lowest BCUT2D eigenvalue weighted by atomic mass is 10.1. The summed E-state index contributed by atoms with van der Waals surface area (Å²) >= 11 is 13.7. The van der Waals surface area contributed by atoms with Crippen LogP contribution in [0.1, 0.15) is 31.9 Å². The molecule has 4 nitrogen and oxygen atoms in total. The summed E-state index contributed by atoms with van der Waals surface area (Å²) in [5.74, 6) is 0.681. The van der Waals surface area contributed by atoms with E-state index in [9.17, 15) is 9.59 Å². The highest BCUT2D eigenvalue weighted by atomic mass is 35.5. The molecule has 0 radical (unpaired) electrons. The first-order chi connectivity index (χ1) is 13.8. The van der Waals surface area contributed by atoms with E-state index in [0.717, 1.165) is 11.1 Å². The van der Waals surface area contributed by atoms with Gasteiger partial charge in [0.1, 0.15) is 6.04 Å². The molecule has 2 aromatic carbocycles. The fourth-order valence-electron chi connectivity index (χ4n) is 2.72. The lowest BCUT2D eigenvalue weighted by molar-refractivity contribution is -0.138. The number of hydrogen-bond acceptors (Lipinski definition) is 3. The first kappa shape index (κ1) is 23.6. The van der Waals surface area contributed by atoms with E-state index in [1.807, 2.05) is 56.3 Å². The maximum absolute atomic E-state index is 13.0. The second-order valence-electron chi connectivity index (χ2n) is 7.07. The van der Waals surface area contributed by atoms with Gasteiger partial charge >= 0.3 is 0 Å². The van der Waals surface area contributed by atoms with Crippen LogP contribution < -0.4 is 5.32 Å². The van der Waals surface area contributed by atoms with Gasteiger partial charge in [-0.15, -0.1) is 11.8 Å². The van der Waals surface area contributed by atoms with Crippen LogP contribution in [0, 0.1) is 0 Å². The van der Waals surface area contributed by atoms with E-state index in [4.69, 9.17) is 23.2 Å². The van der Waals surface area contributed by atoms with Gasteiger partial charge in [-0.2, -0.15) is 0 Å². The van der Waals surface area contributed by atoms with Gasteiger partial charge in [-0.25, -0.2) is 0 Å². The highest BCUT2D eigenvalue weighted by molar-refractivity contribution is 7.99. The van der Waals surface area contributed by atoms with Crippen LogP contribution >= 0.6 is 35.0 Å². The van der Waals surface area contributed by atoms with E-state index in [1.165, 1.54) is 11.8 Å². The smallest absolute Gasteiger partial charge is 0.242 e. The second-order valence-corrected chi connectivity index (χ2v) is 8.90. The van der Waals surface area contributed by atoms with E-state index < -0.39 is 6.04 Å². The molecule has 0 aliphatic carbocycles. The number of amides is 2. The number of hydrogen-bond donors (Lipinski definition) is 1. The van der Waals surface area contributed by atoms with Crippen LogP contribution in [-0.4, -0.2) is 34.6 Å². The molecule has 0 saturated heterocycles. The average Bonchev–Trinajstić information content (AvgIpc) is 2.67. The van der Waals surface area contributed by atoms with E-state index in [1.54, 1.807) is 17.9 Å². The van der Waals surface area contributed by atoms with Gasteiger partial charge in [0, 0.05) is 28.4 Å². The number of carbonyl (C=O) groups is 2. The largest absolute Gasteiger partial charge is 0.352 e. The van der Waals surface area contributed by atoms with Crippen LogP contribution in [0.5, 0.6) is 0 Å². The molecule has 1 atom stereocenters. The summed E-state index contributed by atoms with van der Waals surface area (Å²) in [6.07, 6.45) is 0. The minimum atomic E-state index is -0.600. The molecule has 0 aliphatic rings. The van der Waals surface area contributed by atoms with Crippen molar-refractivity contribution < 1.29 is 9.59 Å². The Kier molecular flexibility index (Phi) is 9.34. The van der Waals surface area contributed by atoms with Crippen LogP contribution in [-0.2, 0) is 21.9 Å². The molecule has 29 heavy (non-hydrogen) atoms. The Morgan fingerprint density at radius 3 is 2.31 bits per heavy atom.